The van der Waals surface area contributed by atoms with Gasteiger partial charge in [0.1, 0.15) is 0 Å². The Balaban J connectivity index is 1.54. The third-order valence-corrected chi connectivity index (χ3v) is 4.95. The molecule has 1 aliphatic heterocycles. The number of aromatic nitrogens is 1. The molecule has 0 bridgehead atoms. The van der Waals surface area contributed by atoms with Gasteiger partial charge in [-0.25, -0.2) is 0 Å². The van der Waals surface area contributed by atoms with Crippen molar-refractivity contribution < 1.29 is 4.79 Å². The third-order valence-electron chi connectivity index (χ3n) is 4.24. The predicted octanol–water partition coefficient (Wildman–Crippen LogP) is 3.28. The molecular weight excluding hydrogens is 345 g/mol. The predicted molar refractivity (Wildman–Crippen MR) is 96.3 cm³/mol. The molecule has 1 amide bonds. The van der Waals surface area contributed by atoms with E-state index in [1.807, 2.05) is 17.2 Å². The minimum Gasteiger partial charge on any atom is -0.340 e. The first-order chi connectivity index (χ1) is 11.6. The van der Waals surface area contributed by atoms with E-state index in [1.165, 1.54) is 5.56 Å². The van der Waals surface area contributed by atoms with Gasteiger partial charge in [0.05, 0.1) is 6.42 Å². The zero-order chi connectivity index (χ0) is 16.9. The van der Waals surface area contributed by atoms with Crippen molar-refractivity contribution in [3.05, 3.63) is 63.9 Å². The molecule has 1 saturated heterocycles. The Morgan fingerprint density at radius 3 is 2.38 bits per heavy atom. The van der Waals surface area contributed by atoms with Gasteiger partial charge in [0, 0.05) is 55.2 Å². The first kappa shape index (κ1) is 17.2. The van der Waals surface area contributed by atoms with Crippen molar-refractivity contribution in [1.82, 2.24) is 14.8 Å². The molecule has 1 aliphatic rings. The van der Waals surface area contributed by atoms with E-state index in [4.69, 9.17) is 23.2 Å². The number of hydrogen-bond donors (Lipinski definition) is 0. The van der Waals surface area contributed by atoms with E-state index in [-0.39, 0.29) is 12.3 Å². The van der Waals surface area contributed by atoms with Crippen molar-refractivity contribution >= 4 is 29.1 Å². The van der Waals surface area contributed by atoms with Gasteiger partial charge >= 0.3 is 0 Å². The highest BCUT2D eigenvalue weighted by atomic mass is 35.5. The highest BCUT2D eigenvalue weighted by Crippen LogP contribution is 2.25. The van der Waals surface area contributed by atoms with Crippen LogP contribution >= 0.6 is 23.2 Å². The van der Waals surface area contributed by atoms with E-state index in [1.54, 1.807) is 24.4 Å². The molecule has 0 saturated carbocycles. The van der Waals surface area contributed by atoms with Crippen LogP contribution in [0.1, 0.15) is 11.1 Å². The Kier molecular flexibility index (Phi) is 5.72. The average Bonchev–Trinajstić information content (AvgIpc) is 2.60. The molecule has 1 aromatic carbocycles. The van der Waals surface area contributed by atoms with Gasteiger partial charge in [-0.2, -0.15) is 0 Å². The number of benzene rings is 1. The largest absolute Gasteiger partial charge is 0.340 e. The second-order valence-electron chi connectivity index (χ2n) is 5.90. The zero-order valence-corrected chi connectivity index (χ0v) is 14.8. The molecule has 0 aliphatic carbocycles. The van der Waals surface area contributed by atoms with Crippen LogP contribution in [0.2, 0.25) is 10.0 Å². The van der Waals surface area contributed by atoms with Crippen LogP contribution in [0.5, 0.6) is 0 Å². The maximum Gasteiger partial charge on any atom is 0.227 e. The number of nitrogens with zero attached hydrogens (tertiary/aromatic N) is 3. The van der Waals surface area contributed by atoms with Crippen molar-refractivity contribution in [2.75, 3.05) is 26.2 Å². The fourth-order valence-electron chi connectivity index (χ4n) is 2.87. The smallest absolute Gasteiger partial charge is 0.227 e. The zero-order valence-electron chi connectivity index (χ0n) is 13.3. The van der Waals surface area contributed by atoms with E-state index in [0.29, 0.717) is 15.6 Å². The second-order valence-corrected chi connectivity index (χ2v) is 6.71. The summed E-state index contributed by atoms with van der Waals surface area (Å²) >= 11 is 12.3. The number of amides is 1. The number of rotatable bonds is 4. The van der Waals surface area contributed by atoms with Crippen LogP contribution in [0.4, 0.5) is 0 Å². The minimum absolute atomic E-state index is 0.0750. The molecule has 0 spiro atoms. The Hall–Kier alpha value is -1.62. The minimum atomic E-state index is 0.0750. The van der Waals surface area contributed by atoms with Crippen LogP contribution in [-0.4, -0.2) is 46.9 Å². The molecule has 0 N–H and O–H groups in total. The highest BCUT2D eigenvalue weighted by molar-refractivity contribution is 6.36. The van der Waals surface area contributed by atoms with Crippen molar-refractivity contribution in [2.45, 2.75) is 13.0 Å². The first-order valence-electron chi connectivity index (χ1n) is 7.95. The van der Waals surface area contributed by atoms with E-state index in [2.05, 4.69) is 16.0 Å². The topological polar surface area (TPSA) is 36.4 Å². The third kappa shape index (κ3) is 4.26. The molecule has 0 unspecified atom stereocenters. The van der Waals surface area contributed by atoms with Crippen LogP contribution in [0.25, 0.3) is 0 Å². The lowest BCUT2D eigenvalue weighted by Gasteiger charge is -2.34. The molecule has 2 heterocycles. The summed E-state index contributed by atoms with van der Waals surface area (Å²) in [7, 11) is 0. The Labute approximate surface area is 152 Å². The Bertz CT molecular complexity index is 680. The first-order valence-corrected chi connectivity index (χ1v) is 8.71. The highest BCUT2D eigenvalue weighted by Gasteiger charge is 2.22. The molecule has 6 heteroatoms. The fraction of sp³-hybridized carbons (Fsp3) is 0.333. The Morgan fingerprint density at radius 2 is 1.75 bits per heavy atom. The van der Waals surface area contributed by atoms with Crippen LogP contribution in [0.3, 0.4) is 0 Å². The second kappa shape index (κ2) is 7.97. The lowest BCUT2D eigenvalue weighted by molar-refractivity contribution is -0.132. The average molecular weight is 364 g/mol. The number of carbonyl (C=O) groups excluding carboxylic acids is 1. The summed E-state index contributed by atoms with van der Waals surface area (Å²) in [5.41, 5.74) is 1.91. The number of halogens is 2. The van der Waals surface area contributed by atoms with E-state index in [0.717, 1.165) is 32.7 Å². The van der Waals surface area contributed by atoms with E-state index < -0.39 is 0 Å². The van der Waals surface area contributed by atoms with Crippen molar-refractivity contribution in [1.29, 1.82) is 0 Å². The van der Waals surface area contributed by atoms with Crippen molar-refractivity contribution in [3.63, 3.8) is 0 Å². The molecule has 0 atom stereocenters. The summed E-state index contributed by atoms with van der Waals surface area (Å²) in [6, 6.07) is 9.34. The van der Waals surface area contributed by atoms with Crippen molar-refractivity contribution in [2.24, 2.45) is 0 Å². The number of hydrogen-bond acceptors (Lipinski definition) is 3. The van der Waals surface area contributed by atoms with Crippen LogP contribution in [0.15, 0.2) is 42.7 Å². The van der Waals surface area contributed by atoms with Gasteiger partial charge in [-0.05, 0) is 29.3 Å². The van der Waals surface area contributed by atoms with Crippen LogP contribution in [0, 0.1) is 0 Å². The summed E-state index contributed by atoms with van der Waals surface area (Å²) in [4.78, 5) is 20.9. The monoisotopic (exact) mass is 363 g/mol. The Morgan fingerprint density at radius 1 is 1.04 bits per heavy atom. The SMILES string of the molecule is O=C(Cc1c(Cl)cccc1Cl)N1CCN(Cc2cccnc2)CC1. The molecule has 2 aromatic rings. The molecule has 126 valence electrons. The summed E-state index contributed by atoms with van der Waals surface area (Å²) in [6.07, 6.45) is 3.91. The summed E-state index contributed by atoms with van der Waals surface area (Å²) in [5, 5.41) is 1.09. The molecule has 1 fully saturated rings. The van der Waals surface area contributed by atoms with Gasteiger partial charge in [0.25, 0.3) is 0 Å². The maximum atomic E-state index is 12.5. The van der Waals surface area contributed by atoms with Gasteiger partial charge < -0.3 is 4.90 Å². The molecular formula is C18H19Cl2N3O. The van der Waals surface area contributed by atoms with E-state index in [9.17, 15) is 4.79 Å². The van der Waals surface area contributed by atoms with Gasteiger partial charge in [0.15, 0.2) is 0 Å². The van der Waals surface area contributed by atoms with Crippen LogP contribution in [-0.2, 0) is 17.8 Å². The maximum absolute atomic E-state index is 12.5. The number of piperazine rings is 1. The van der Waals surface area contributed by atoms with Gasteiger partial charge in [-0.3, -0.25) is 14.7 Å². The molecule has 0 radical (unpaired) electrons. The molecule has 3 rings (SSSR count). The standard InChI is InChI=1S/C18H19Cl2N3O/c19-16-4-1-5-17(20)15(16)11-18(24)23-9-7-22(8-10-23)13-14-3-2-6-21-12-14/h1-6,12H,7-11,13H2. The summed E-state index contributed by atoms with van der Waals surface area (Å²) in [5.74, 6) is 0.0750. The number of pyridine rings is 1. The lowest BCUT2D eigenvalue weighted by atomic mass is 10.1. The molecule has 1 aromatic heterocycles. The van der Waals surface area contributed by atoms with Gasteiger partial charge in [-0.1, -0.05) is 35.3 Å². The molecule has 4 nitrogen and oxygen atoms in total. The van der Waals surface area contributed by atoms with Crippen LogP contribution < -0.4 is 0 Å². The fourth-order valence-corrected chi connectivity index (χ4v) is 3.40. The lowest BCUT2D eigenvalue weighted by Crippen LogP contribution is -2.48. The number of carbonyl (C=O) groups is 1. The van der Waals surface area contributed by atoms with Gasteiger partial charge in [0.2, 0.25) is 5.91 Å². The molecule has 24 heavy (non-hydrogen) atoms. The van der Waals surface area contributed by atoms with Crippen molar-refractivity contribution in [3.8, 4) is 0 Å². The van der Waals surface area contributed by atoms with E-state index >= 15 is 0 Å². The van der Waals surface area contributed by atoms with Gasteiger partial charge in [-0.15, -0.1) is 0 Å². The summed E-state index contributed by atoms with van der Waals surface area (Å²) in [6.45, 7) is 4.03. The normalized spacial score (nSPS) is 15.5. The quantitative estimate of drug-likeness (QED) is 0.836. The summed E-state index contributed by atoms with van der Waals surface area (Å²) < 4.78 is 0.